The van der Waals surface area contributed by atoms with Crippen LogP contribution in [0.15, 0.2) is 18.2 Å². The Kier molecular flexibility index (Phi) is 4.44. The highest BCUT2D eigenvalue weighted by molar-refractivity contribution is 5.43. The van der Waals surface area contributed by atoms with Crippen LogP contribution in [-0.4, -0.2) is 50.0 Å². The third kappa shape index (κ3) is 3.15. The second-order valence-electron chi connectivity index (χ2n) is 4.77. The number of hydrogen-bond acceptors (Lipinski definition) is 4. The molecule has 1 N–H and O–H groups in total. The number of likely N-dealkylation sites (N-methyl/N-ethyl adjacent to an activating group) is 1. The SMILES string of the molecule is COc1ccc(CCCO)cc1OC1CN(C)C1. The number of likely N-dealkylation sites (tertiary alicyclic amines) is 1. The largest absolute Gasteiger partial charge is 0.493 e. The molecular formula is C14H21NO3. The molecule has 0 amide bonds. The Morgan fingerprint density at radius 1 is 1.33 bits per heavy atom. The Hall–Kier alpha value is -1.26. The maximum Gasteiger partial charge on any atom is 0.161 e. The van der Waals surface area contributed by atoms with Crippen LogP contribution < -0.4 is 9.47 Å². The number of ether oxygens (including phenoxy) is 2. The molecule has 0 aromatic heterocycles. The molecule has 1 saturated heterocycles. The summed E-state index contributed by atoms with van der Waals surface area (Å²) in [5.74, 6) is 1.59. The lowest BCUT2D eigenvalue weighted by Gasteiger charge is -2.36. The lowest BCUT2D eigenvalue weighted by atomic mass is 10.1. The first-order valence-corrected chi connectivity index (χ1v) is 6.36. The van der Waals surface area contributed by atoms with Crippen LogP contribution in [-0.2, 0) is 6.42 Å². The van der Waals surface area contributed by atoms with Crippen LogP contribution in [0.5, 0.6) is 11.5 Å². The van der Waals surface area contributed by atoms with Gasteiger partial charge in [0, 0.05) is 19.7 Å². The van der Waals surface area contributed by atoms with Gasteiger partial charge in [-0.05, 0) is 37.6 Å². The number of rotatable bonds is 6. The summed E-state index contributed by atoms with van der Waals surface area (Å²) in [6, 6.07) is 5.98. The first-order chi connectivity index (χ1) is 8.72. The third-order valence-electron chi connectivity index (χ3n) is 3.18. The first-order valence-electron chi connectivity index (χ1n) is 6.36. The quantitative estimate of drug-likeness (QED) is 0.828. The zero-order valence-corrected chi connectivity index (χ0v) is 11.1. The molecule has 4 nitrogen and oxygen atoms in total. The van der Waals surface area contributed by atoms with Crippen molar-refractivity contribution in [2.24, 2.45) is 0 Å². The molecule has 0 aliphatic carbocycles. The van der Waals surface area contributed by atoms with E-state index < -0.39 is 0 Å². The molecular weight excluding hydrogens is 230 g/mol. The van der Waals surface area contributed by atoms with Gasteiger partial charge in [-0.3, -0.25) is 4.90 Å². The van der Waals surface area contributed by atoms with Crippen molar-refractivity contribution in [1.29, 1.82) is 0 Å². The van der Waals surface area contributed by atoms with Gasteiger partial charge in [0.1, 0.15) is 6.10 Å². The second-order valence-corrected chi connectivity index (χ2v) is 4.77. The van der Waals surface area contributed by atoms with Crippen molar-refractivity contribution in [2.45, 2.75) is 18.9 Å². The minimum absolute atomic E-state index is 0.218. The van der Waals surface area contributed by atoms with Gasteiger partial charge in [0.2, 0.25) is 0 Å². The number of nitrogens with zero attached hydrogens (tertiary/aromatic N) is 1. The molecule has 1 aromatic carbocycles. The molecule has 1 aliphatic heterocycles. The fourth-order valence-corrected chi connectivity index (χ4v) is 2.15. The van der Waals surface area contributed by atoms with Gasteiger partial charge in [-0.1, -0.05) is 6.07 Å². The van der Waals surface area contributed by atoms with Crippen molar-refractivity contribution in [2.75, 3.05) is 33.9 Å². The minimum atomic E-state index is 0.218. The first kappa shape index (κ1) is 13.2. The second kappa shape index (κ2) is 6.07. The molecule has 2 rings (SSSR count). The Labute approximate surface area is 108 Å². The summed E-state index contributed by atoms with van der Waals surface area (Å²) < 4.78 is 11.2. The molecule has 1 aliphatic rings. The van der Waals surface area contributed by atoms with Crippen molar-refractivity contribution in [3.05, 3.63) is 23.8 Å². The Morgan fingerprint density at radius 2 is 2.11 bits per heavy atom. The van der Waals surface area contributed by atoms with Crippen molar-refractivity contribution in [3.8, 4) is 11.5 Å². The van der Waals surface area contributed by atoms with Gasteiger partial charge >= 0.3 is 0 Å². The summed E-state index contributed by atoms with van der Waals surface area (Å²) in [5, 5.41) is 8.86. The average Bonchev–Trinajstić information content (AvgIpc) is 2.35. The van der Waals surface area contributed by atoms with Gasteiger partial charge in [0.25, 0.3) is 0 Å². The number of benzene rings is 1. The van der Waals surface area contributed by atoms with E-state index >= 15 is 0 Å². The van der Waals surface area contributed by atoms with E-state index in [0.717, 1.165) is 37.4 Å². The standard InChI is InChI=1S/C14H21NO3/c1-15-9-12(10-15)18-14-8-11(4-3-7-16)5-6-13(14)17-2/h5-6,8,12,16H,3-4,7,9-10H2,1-2H3. The molecule has 0 bridgehead atoms. The van der Waals surface area contributed by atoms with E-state index in [9.17, 15) is 0 Å². The lowest BCUT2D eigenvalue weighted by Crippen LogP contribution is -2.51. The summed E-state index contributed by atoms with van der Waals surface area (Å²) in [5.41, 5.74) is 1.17. The Bertz CT molecular complexity index is 389. The minimum Gasteiger partial charge on any atom is -0.493 e. The van der Waals surface area contributed by atoms with Gasteiger partial charge in [-0.2, -0.15) is 0 Å². The molecule has 0 spiro atoms. The molecule has 0 atom stereocenters. The van der Waals surface area contributed by atoms with Crippen molar-refractivity contribution in [3.63, 3.8) is 0 Å². The van der Waals surface area contributed by atoms with Crippen LogP contribution in [0.4, 0.5) is 0 Å². The molecule has 1 heterocycles. The van der Waals surface area contributed by atoms with Crippen LogP contribution in [0.3, 0.4) is 0 Å². The summed E-state index contributed by atoms with van der Waals surface area (Å²) in [6.45, 7) is 2.14. The Morgan fingerprint density at radius 3 is 2.72 bits per heavy atom. The highest BCUT2D eigenvalue weighted by Gasteiger charge is 2.25. The molecule has 0 unspecified atom stereocenters. The number of hydrogen-bond donors (Lipinski definition) is 1. The van der Waals surface area contributed by atoms with Crippen LogP contribution in [0.1, 0.15) is 12.0 Å². The van der Waals surface area contributed by atoms with Crippen LogP contribution >= 0.6 is 0 Å². The zero-order valence-electron chi connectivity index (χ0n) is 11.1. The number of aliphatic hydroxyl groups is 1. The van der Waals surface area contributed by atoms with Gasteiger partial charge in [-0.25, -0.2) is 0 Å². The van der Waals surface area contributed by atoms with Crippen molar-refractivity contribution < 1.29 is 14.6 Å². The predicted octanol–water partition coefficient (Wildman–Crippen LogP) is 1.31. The molecule has 100 valence electrons. The zero-order chi connectivity index (χ0) is 13.0. The van der Waals surface area contributed by atoms with E-state index in [0.29, 0.717) is 0 Å². The summed E-state index contributed by atoms with van der Waals surface area (Å²) >= 11 is 0. The van der Waals surface area contributed by atoms with E-state index in [1.807, 2.05) is 18.2 Å². The highest BCUT2D eigenvalue weighted by atomic mass is 16.5. The monoisotopic (exact) mass is 251 g/mol. The average molecular weight is 251 g/mol. The summed E-state index contributed by atoms with van der Waals surface area (Å²) in [7, 11) is 3.73. The van der Waals surface area contributed by atoms with E-state index in [1.54, 1.807) is 7.11 Å². The molecule has 1 fully saturated rings. The molecule has 0 radical (unpaired) electrons. The van der Waals surface area contributed by atoms with E-state index in [4.69, 9.17) is 14.6 Å². The fourth-order valence-electron chi connectivity index (χ4n) is 2.15. The molecule has 1 aromatic rings. The normalized spacial score (nSPS) is 16.4. The van der Waals surface area contributed by atoms with Crippen LogP contribution in [0.2, 0.25) is 0 Å². The van der Waals surface area contributed by atoms with Crippen LogP contribution in [0, 0.1) is 0 Å². The maximum absolute atomic E-state index is 8.86. The summed E-state index contributed by atoms with van der Waals surface area (Å²) in [6.07, 6.45) is 1.90. The number of aryl methyl sites for hydroxylation is 1. The van der Waals surface area contributed by atoms with E-state index in [-0.39, 0.29) is 12.7 Å². The smallest absolute Gasteiger partial charge is 0.161 e. The highest BCUT2D eigenvalue weighted by Crippen LogP contribution is 2.30. The molecule has 18 heavy (non-hydrogen) atoms. The van der Waals surface area contributed by atoms with E-state index in [2.05, 4.69) is 11.9 Å². The van der Waals surface area contributed by atoms with Crippen molar-refractivity contribution in [1.82, 2.24) is 4.90 Å². The number of methoxy groups -OCH3 is 1. The van der Waals surface area contributed by atoms with Crippen molar-refractivity contribution >= 4 is 0 Å². The molecule has 0 saturated carbocycles. The van der Waals surface area contributed by atoms with Gasteiger partial charge in [-0.15, -0.1) is 0 Å². The fraction of sp³-hybridized carbons (Fsp3) is 0.571. The summed E-state index contributed by atoms with van der Waals surface area (Å²) in [4.78, 5) is 2.22. The van der Waals surface area contributed by atoms with E-state index in [1.165, 1.54) is 5.56 Å². The van der Waals surface area contributed by atoms with Gasteiger partial charge < -0.3 is 14.6 Å². The Balaban J connectivity index is 2.04. The topological polar surface area (TPSA) is 41.9 Å². The lowest BCUT2D eigenvalue weighted by molar-refractivity contribution is 0.0369. The molecule has 4 heteroatoms. The van der Waals surface area contributed by atoms with Gasteiger partial charge in [0.15, 0.2) is 11.5 Å². The predicted molar refractivity (Wildman–Crippen MR) is 70.3 cm³/mol. The third-order valence-corrected chi connectivity index (χ3v) is 3.18. The maximum atomic E-state index is 8.86. The number of aliphatic hydroxyl groups excluding tert-OH is 1. The van der Waals surface area contributed by atoms with Crippen LogP contribution in [0.25, 0.3) is 0 Å². The van der Waals surface area contributed by atoms with Gasteiger partial charge in [0.05, 0.1) is 7.11 Å².